The minimum Gasteiger partial charge on any atom is -0.478 e. The van der Waals surface area contributed by atoms with Crippen molar-refractivity contribution < 1.29 is 14.7 Å². The molecule has 0 radical (unpaired) electrons. The fourth-order valence-electron chi connectivity index (χ4n) is 3.09. The minimum atomic E-state index is -0.923. The van der Waals surface area contributed by atoms with Crippen LogP contribution in [0.5, 0.6) is 0 Å². The Morgan fingerprint density at radius 2 is 1.58 bits per heavy atom. The van der Waals surface area contributed by atoms with Crippen molar-refractivity contribution in [3.63, 3.8) is 0 Å². The summed E-state index contributed by atoms with van der Waals surface area (Å²) in [5.41, 5.74) is 2.92. The molecule has 2 N–H and O–H groups in total. The zero-order valence-electron chi connectivity index (χ0n) is 14.9. The molecule has 0 aromatic heterocycles. The van der Waals surface area contributed by atoms with Crippen molar-refractivity contribution in [2.75, 3.05) is 18.4 Å². The second-order valence-electron chi connectivity index (χ2n) is 6.91. The van der Waals surface area contributed by atoms with Gasteiger partial charge in [0.1, 0.15) is 0 Å². The van der Waals surface area contributed by atoms with E-state index in [4.69, 9.17) is 5.11 Å². The molecule has 1 heterocycles. The largest absolute Gasteiger partial charge is 0.478 e. The molecule has 26 heavy (non-hydrogen) atoms. The van der Waals surface area contributed by atoms with Crippen LogP contribution in [0, 0.1) is 5.92 Å². The molecule has 1 aliphatic heterocycles. The van der Waals surface area contributed by atoms with Crippen LogP contribution < -0.4 is 5.32 Å². The van der Waals surface area contributed by atoms with Crippen LogP contribution in [-0.2, 0) is 6.54 Å². The van der Waals surface area contributed by atoms with E-state index in [1.54, 1.807) is 24.3 Å². The maximum absolute atomic E-state index is 12.5. The molecule has 5 heteroatoms. The number of hydrogen-bond donors (Lipinski definition) is 2. The zero-order valence-corrected chi connectivity index (χ0v) is 14.9. The normalized spacial score (nSPS) is 14.9. The summed E-state index contributed by atoms with van der Waals surface area (Å²) in [6.07, 6.45) is 2.15. The Kier molecular flexibility index (Phi) is 5.56. The number of hydrogen-bond acceptors (Lipinski definition) is 3. The third-order valence-corrected chi connectivity index (χ3v) is 4.90. The first-order chi connectivity index (χ1) is 12.5. The highest BCUT2D eigenvalue weighted by Gasteiger charge is 2.21. The van der Waals surface area contributed by atoms with Gasteiger partial charge in [-0.15, -0.1) is 0 Å². The summed E-state index contributed by atoms with van der Waals surface area (Å²) in [4.78, 5) is 25.3. The lowest BCUT2D eigenvalue weighted by molar-refractivity contribution is 0.0688. The Hall–Kier alpha value is -2.82. The van der Waals surface area contributed by atoms with Gasteiger partial charge in [0.2, 0.25) is 0 Å². The SMILES string of the molecule is CC1CCN(C(=O)c2ccc(NCc3ccc(C(=O)O)cc3)cc2)CC1. The van der Waals surface area contributed by atoms with Gasteiger partial charge in [0.05, 0.1) is 5.56 Å². The highest BCUT2D eigenvalue weighted by atomic mass is 16.4. The van der Waals surface area contributed by atoms with Gasteiger partial charge in [-0.3, -0.25) is 4.79 Å². The number of carbonyl (C=O) groups excluding carboxylic acids is 1. The Bertz CT molecular complexity index is 761. The van der Waals surface area contributed by atoms with Crippen LogP contribution in [0.3, 0.4) is 0 Å². The molecule has 0 saturated carbocycles. The average Bonchev–Trinajstić information content (AvgIpc) is 2.67. The average molecular weight is 352 g/mol. The van der Waals surface area contributed by atoms with E-state index in [0.29, 0.717) is 12.5 Å². The molecule has 1 saturated heterocycles. The molecular formula is C21H24N2O3. The van der Waals surface area contributed by atoms with Gasteiger partial charge in [-0.1, -0.05) is 19.1 Å². The van der Waals surface area contributed by atoms with Gasteiger partial charge in [-0.05, 0) is 60.7 Å². The topological polar surface area (TPSA) is 69.6 Å². The lowest BCUT2D eigenvalue weighted by atomic mass is 9.98. The highest BCUT2D eigenvalue weighted by Crippen LogP contribution is 2.19. The van der Waals surface area contributed by atoms with Crippen LogP contribution in [-0.4, -0.2) is 35.0 Å². The summed E-state index contributed by atoms with van der Waals surface area (Å²) in [6.45, 7) is 4.51. The summed E-state index contributed by atoms with van der Waals surface area (Å²) in [5, 5.41) is 12.2. The molecule has 0 atom stereocenters. The van der Waals surface area contributed by atoms with Crippen LogP contribution in [0.25, 0.3) is 0 Å². The first-order valence-electron chi connectivity index (χ1n) is 8.98. The second-order valence-corrected chi connectivity index (χ2v) is 6.91. The van der Waals surface area contributed by atoms with Gasteiger partial charge in [0.15, 0.2) is 0 Å². The molecule has 0 bridgehead atoms. The van der Waals surface area contributed by atoms with E-state index in [1.807, 2.05) is 29.2 Å². The number of nitrogens with zero attached hydrogens (tertiary/aromatic N) is 1. The van der Waals surface area contributed by atoms with Gasteiger partial charge < -0.3 is 15.3 Å². The third kappa shape index (κ3) is 4.42. The number of anilines is 1. The first kappa shape index (κ1) is 18.0. The van der Waals surface area contributed by atoms with E-state index >= 15 is 0 Å². The predicted molar refractivity (Wildman–Crippen MR) is 101 cm³/mol. The lowest BCUT2D eigenvalue weighted by Crippen LogP contribution is -2.37. The quantitative estimate of drug-likeness (QED) is 0.857. The fraction of sp³-hybridized carbons (Fsp3) is 0.333. The van der Waals surface area contributed by atoms with Crippen molar-refractivity contribution in [3.8, 4) is 0 Å². The first-order valence-corrected chi connectivity index (χ1v) is 8.98. The number of rotatable bonds is 5. The van der Waals surface area contributed by atoms with Crippen molar-refractivity contribution in [1.29, 1.82) is 0 Å². The van der Waals surface area contributed by atoms with Gasteiger partial charge in [-0.25, -0.2) is 4.79 Å². The third-order valence-electron chi connectivity index (χ3n) is 4.90. The van der Waals surface area contributed by atoms with Gasteiger partial charge in [-0.2, -0.15) is 0 Å². The van der Waals surface area contributed by atoms with Crippen LogP contribution in [0.1, 0.15) is 46.0 Å². The molecule has 1 fully saturated rings. The Labute approximate surface area is 153 Å². The molecule has 1 aliphatic rings. The van der Waals surface area contributed by atoms with Crippen LogP contribution in [0.4, 0.5) is 5.69 Å². The number of benzene rings is 2. The standard InChI is InChI=1S/C21H24N2O3/c1-15-10-12-23(13-11-15)20(24)17-6-8-19(9-7-17)22-14-16-2-4-18(5-3-16)21(25)26/h2-9,15,22H,10-14H2,1H3,(H,25,26). The summed E-state index contributed by atoms with van der Waals surface area (Å²) in [7, 11) is 0. The van der Waals surface area contributed by atoms with E-state index in [9.17, 15) is 9.59 Å². The number of amides is 1. The molecule has 1 amide bonds. The van der Waals surface area contributed by atoms with Crippen molar-refractivity contribution >= 4 is 17.6 Å². The zero-order chi connectivity index (χ0) is 18.5. The highest BCUT2D eigenvalue weighted by molar-refractivity contribution is 5.94. The summed E-state index contributed by atoms with van der Waals surface area (Å²) in [5.74, 6) is -0.115. The van der Waals surface area contributed by atoms with E-state index in [0.717, 1.165) is 42.7 Å². The Morgan fingerprint density at radius 1 is 1.00 bits per heavy atom. The van der Waals surface area contributed by atoms with Crippen LogP contribution in [0.15, 0.2) is 48.5 Å². The van der Waals surface area contributed by atoms with E-state index in [-0.39, 0.29) is 11.5 Å². The summed E-state index contributed by atoms with van der Waals surface area (Å²) >= 11 is 0. The van der Waals surface area contributed by atoms with Crippen molar-refractivity contribution in [2.24, 2.45) is 5.92 Å². The van der Waals surface area contributed by atoms with Crippen molar-refractivity contribution in [3.05, 3.63) is 65.2 Å². The molecule has 2 aromatic carbocycles. The number of aromatic carboxylic acids is 1. The monoisotopic (exact) mass is 352 g/mol. The fourth-order valence-corrected chi connectivity index (χ4v) is 3.09. The number of likely N-dealkylation sites (tertiary alicyclic amines) is 1. The molecule has 0 aliphatic carbocycles. The molecule has 5 nitrogen and oxygen atoms in total. The van der Waals surface area contributed by atoms with E-state index < -0.39 is 5.97 Å². The lowest BCUT2D eigenvalue weighted by Gasteiger charge is -2.30. The number of piperidine rings is 1. The van der Waals surface area contributed by atoms with Gasteiger partial charge in [0, 0.05) is 30.9 Å². The van der Waals surface area contributed by atoms with Gasteiger partial charge >= 0.3 is 5.97 Å². The number of nitrogens with one attached hydrogen (secondary N) is 1. The van der Waals surface area contributed by atoms with Crippen molar-refractivity contribution in [2.45, 2.75) is 26.3 Å². The van der Waals surface area contributed by atoms with Crippen LogP contribution in [0.2, 0.25) is 0 Å². The Balaban J connectivity index is 1.55. The summed E-state index contributed by atoms with van der Waals surface area (Å²) < 4.78 is 0. The predicted octanol–water partition coefficient (Wildman–Crippen LogP) is 3.87. The smallest absolute Gasteiger partial charge is 0.335 e. The minimum absolute atomic E-state index is 0.104. The van der Waals surface area contributed by atoms with Gasteiger partial charge in [0.25, 0.3) is 5.91 Å². The van der Waals surface area contributed by atoms with E-state index in [1.165, 1.54) is 0 Å². The second kappa shape index (κ2) is 8.04. The van der Waals surface area contributed by atoms with E-state index in [2.05, 4.69) is 12.2 Å². The number of carboxylic acids is 1. The number of carbonyl (C=O) groups is 2. The Morgan fingerprint density at radius 3 is 2.15 bits per heavy atom. The maximum atomic E-state index is 12.5. The summed E-state index contributed by atoms with van der Waals surface area (Å²) in [6, 6.07) is 14.3. The molecular weight excluding hydrogens is 328 g/mol. The molecule has 2 aromatic rings. The maximum Gasteiger partial charge on any atom is 0.335 e. The van der Waals surface area contributed by atoms with Crippen LogP contribution >= 0.6 is 0 Å². The number of carboxylic acid groups (broad SMARTS) is 1. The molecule has 3 rings (SSSR count). The molecule has 136 valence electrons. The van der Waals surface area contributed by atoms with Crippen molar-refractivity contribution in [1.82, 2.24) is 4.90 Å². The molecule has 0 unspecified atom stereocenters. The molecule has 0 spiro atoms.